The van der Waals surface area contributed by atoms with Crippen molar-refractivity contribution < 1.29 is 34.2 Å². The molecule has 12 heteroatoms. The van der Waals surface area contributed by atoms with Crippen LogP contribution >= 0.6 is 11.6 Å². The van der Waals surface area contributed by atoms with Crippen molar-refractivity contribution in [1.82, 2.24) is 3.97 Å². The third kappa shape index (κ3) is 3.88. The van der Waals surface area contributed by atoms with Crippen molar-refractivity contribution in [3.05, 3.63) is 59.2 Å². The molecule has 162 valence electrons. The minimum Gasteiger partial charge on any atom is -0.374 e. The Morgan fingerprint density at radius 1 is 1.03 bits per heavy atom. The molecule has 1 aromatic heterocycles. The van der Waals surface area contributed by atoms with Gasteiger partial charge in [-0.15, -0.1) is 0 Å². The van der Waals surface area contributed by atoms with E-state index in [9.17, 15) is 30.0 Å². The molecule has 0 spiro atoms. The van der Waals surface area contributed by atoms with Crippen LogP contribution in [0.15, 0.2) is 53.4 Å². The first-order chi connectivity index (χ1) is 13.9. The van der Waals surface area contributed by atoms with Gasteiger partial charge in [-0.2, -0.15) is 21.6 Å². The molecule has 0 aliphatic carbocycles. The van der Waals surface area contributed by atoms with Crippen LogP contribution in [0.25, 0.3) is 10.9 Å². The molecule has 0 aliphatic rings. The molecule has 0 amide bonds. The van der Waals surface area contributed by atoms with Crippen molar-refractivity contribution in [1.29, 1.82) is 0 Å². The number of benzene rings is 2. The van der Waals surface area contributed by atoms with Gasteiger partial charge in [-0.25, -0.2) is 12.4 Å². The first-order valence-corrected chi connectivity index (χ1v) is 11.8. The molecule has 0 radical (unpaired) electrons. The maximum absolute atomic E-state index is 13.2. The Kier molecular flexibility index (Phi) is 5.82. The summed E-state index contributed by atoms with van der Waals surface area (Å²) >= 11 is 6.11. The molecule has 0 N–H and O–H groups in total. The molecule has 6 nitrogen and oxygen atoms in total. The summed E-state index contributed by atoms with van der Waals surface area (Å²) in [5.41, 5.74) is -5.21. The van der Waals surface area contributed by atoms with Crippen LogP contribution < -0.4 is 4.18 Å². The van der Waals surface area contributed by atoms with Crippen LogP contribution in [-0.4, -0.2) is 26.3 Å². The standard InChI is InChI=1S/C18H15ClF3NO5S2/c1-2-6-12-11-14-15(23(12)29(24,25)13-7-4-3-5-8-13)9-10-16(17(14)19)28-30(26,27)18(20,21)22/h3-5,7-11H,2,6H2,1H3. The Morgan fingerprint density at radius 3 is 2.23 bits per heavy atom. The van der Waals surface area contributed by atoms with Gasteiger partial charge in [0.25, 0.3) is 10.0 Å². The molecule has 30 heavy (non-hydrogen) atoms. The number of halogens is 4. The van der Waals surface area contributed by atoms with Gasteiger partial charge < -0.3 is 4.18 Å². The molecule has 0 unspecified atom stereocenters. The number of nitrogens with zero attached hydrogens (tertiary/aromatic N) is 1. The van der Waals surface area contributed by atoms with Gasteiger partial charge in [-0.1, -0.05) is 43.1 Å². The Morgan fingerprint density at radius 2 is 1.67 bits per heavy atom. The maximum atomic E-state index is 13.2. The Hall–Kier alpha value is -2.24. The van der Waals surface area contributed by atoms with E-state index in [1.54, 1.807) is 18.2 Å². The smallest absolute Gasteiger partial charge is 0.374 e. The van der Waals surface area contributed by atoms with Crippen LogP contribution in [0.5, 0.6) is 5.75 Å². The van der Waals surface area contributed by atoms with Crippen molar-refractivity contribution in [2.45, 2.75) is 30.2 Å². The fourth-order valence-corrected chi connectivity index (χ4v) is 5.25. The number of alkyl halides is 3. The molecule has 0 bridgehead atoms. The highest BCUT2D eigenvalue weighted by Gasteiger charge is 2.49. The zero-order valence-corrected chi connectivity index (χ0v) is 17.7. The van der Waals surface area contributed by atoms with Crippen LogP contribution in [0.4, 0.5) is 13.2 Å². The third-order valence-electron chi connectivity index (χ3n) is 4.18. The van der Waals surface area contributed by atoms with Gasteiger partial charge in [0, 0.05) is 11.1 Å². The summed E-state index contributed by atoms with van der Waals surface area (Å²) in [6.45, 7) is 1.82. The molecule has 0 atom stereocenters. The van der Waals surface area contributed by atoms with E-state index in [0.717, 1.165) is 16.1 Å². The highest BCUT2D eigenvalue weighted by molar-refractivity contribution is 7.90. The lowest BCUT2D eigenvalue weighted by molar-refractivity contribution is -0.0500. The van der Waals surface area contributed by atoms with E-state index < -0.39 is 36.4 Å². The molecule has 1 heterocycles. The maximum Gasteiger partial charge on any atom is 0.534 e. The SMILES string of the molecule is CCCc1cc2c(Cl)c(OS(=O)(=O)C(F)(F)F)ccc2n1S(=O)(=O)c1ccccc1. The van der Waals surface area contributed by atoms with Gasteiger partial charge in [-0.3, -0.25) is 0 Å². The van der Waals surface area contributed by atoms with E-state index in [2.05, 4.69) is 4.18 Å². The van der Waals surface area contributed by atoms with E-state index >= 15 is 0 Å². The molecule has 0 saturated heterocycles. The normalized spacial score (nSPS) is 13.0. The van der Waals surface area contributed by atoms with E-state index in [0.29, 0.717) is 18.5 Å². The number of hydrogen-bond acceptors (Lipinski definition) is 5. The van der Waals surface area contributed by atoms with Gasteiger partial charge in [0.05, 0.1) is 15.4 Å². The second kappa shape index (κ2) is 7.78. The fourth-order valence-electron chi connectivity index (χ4n) is 2.90. The second-order valence-electron chi connectivity index (χ2n) is 6.26. The Balaban J connectivity index is 2.24. The summed E-state index contributed by atoms with van der Waals surface area (Å²) in [6.07, 6.45) is 0.901. The van der Waals surface area contributed by atoms with E-state index in [4.69, 9.17) is 11.6 Å². The van der Waals surface area contributed by atoms with Crippen LogP contribution in [0.2, 0.25) is 5.02 Å². The highest BCUT2D eigenvalue weighted by Crippen LogP contribution is 2.39. The molecule has 3 rings (SSSR count). The van der Waals surface area contributed by atoms with Gasteiger partial charge in [-0.05, 0) is 36.8 Å². The number of aromatic nitrogens is 1. The van der Waals surface area contributed by atoms with Crippen LogP contribution in [-0.2, 0) is 26.6 Å². The lowest BCUT2D eigenvalue weighted by Crippen LogP contribution is -2.28. The second-order valence-corrected chi connectivity index (χ2v) is 9.96. The number of aryl methyl sites for hydroxylation is 1. The van der Waals surface area contributed by atoms with E-state index in [1.165, 1.54) is 18.2 Å². The molecule has 0 fully saturated rings. The molecular formula is C18H15ClF3NO5S2. The van der Waals surface area contributed by atoms with Gasteiger partial charge >= 0.3 is 15.6 Å². The van der Waals surface area contributed by atoms with Crippen LogP contribution in [0.1, 0.15) is 19.0 Å². The Bertz CT molecular complexity index is 1300. The Labute approximate surface area is 176 Å². The average Bonchev–Trinajstić information content (AvgIpc) is 3.04. The summed E-state index contributed by atoms with van der Waals surface area (Å²) in [7, 11) is -9.98. The fraction of sp³-hybridized carbons (Fsp3) is 0.222. The monoisotopic (exact) mass is 481 g/mol. The van der Waals surface area contributed by atoms with Crippen LogP contribution in [0, 0.1) is 0 Å². The van der Waals surface area contributed by atoms with Crippen molar-refractivity contribution in [3.63, 3.8) is 0 Å². The van der Waals surface area contributed by atoms with Gasteiger partial charge in [0.15, 0.2) is 5.75 Å². The number of fused-ring (bicyclic) bond motifs is 1. The largest absolute Gasteiger partial charge is 0.534 e. The zero-order valence-electron chi connectivity index (χ0n) is 15.3. The highest BCUT2D eigenvalue weighted by atomic mass is 35.5. The molecular weight excluding hydrogens is 467 g/mol. The molecule has 0 aliphatic heterocycles. The van der Waals surface area contributed by atoms with Gasteiger partial charge in [0.2, 0.25) is 0 Å². The predicted molar refractivity (Wildman–Crippen MR) is 106 cm³/mol. The molecule has 2 aromatic carbocycles. The zero-order chi connectivity index (χ0) is 22.3. The van der Waals surface area contributed by atoms with E-state index in [-0.39, 0.29) is 15.8 Å². The molecule has 3 aromatic rings. The number of hydrogen-bond donors (Lipinski definition) is 0. The lowest BCUT2D eigenvalue weighted by atomic mass is 10.2. The quantitative estimate of drug-likeness (QED) is 0.376. The minimum absolute atomic E-state index is 0.0101. The minimum atomic E-state index is -5.94. The summed E-state index contributed by atoms with van der Waals surface area (Å²) in [5, 5.41) is -0.394. The number of rotatable bonds is 6. The summed E-state index contributed by atoms with van der Waals surface area (Å²) < 4.78 is 92.2. The van der Waals surface area contributed by atoms with E-state index in [1.807, 2.05) is 6.92 Å². The summed E-state index contributed by atoms with van der Waals surface area (Å²) in [6, 6.07) is 11.0. The predicted octanol–water partition coefficient (Wildman–Crippen LogP) is 4.71. The third-order valence-corrected chi connectivity index (χ3v) is 7.32. The first kappa shape index (κ1) is 22.4. The topological polar surface area (TPSA) is 82.4 Å². The van der Waals surface area contributed by atoms with Crippen molar-refractivity contribution in [2.75, 3.05) is 0 Å². The van der Waals surface area contributed by atoms with Crippen molar-refractivity contribution in [2.24, 2.45) is 0 Å². The summed E-state index contributed by atoms with van der Waals surface area (Å²) in [4.78, 5) is 0.0101. The molecule has 0 saturated carbocycles. The average molecular weight is 482 g/mol. The lowest BCUT2D eigenvalue weighted by Gasteiger charge is -2.13. The van der Waals surface area contributed by atoms with Crippen LogP contribution in [0.3, 0.4) is 0 Å². The van der Waals surface area contributed by atoms with Crippen molar-refractivity contribution in [3.8, 4) is 5.75 Å². The first-order valence-electron chi connectivity index (χ1n) is 8.54. The summed E-state index contributed by atoms with van der Waals surface area (Å²) in [5.74, 6) is -0.751. The van der Waals surface area contributed by atoms with Gasteiger partial charge in [0.1, 0.15) is 0 Å². The van der Waals surface area contributed by atoms with Crippen molar-refractivity contribution >= 4 is 42.6 Å².